The third-order valence-electron chi connectivity index (χ3n) is 5.19. The first kappa shape index (κ1) is 20.5. The zero-order valence-electron chi connectivity index (χ0n) is 16.8. The van der Waals surface area contributed by atoms with Gasteiger partial charge in [-0.25, -0.2) is 4.98 Å². The molecule has 0 aliphatic carbocycles. The molecule has 1 saturated heterocycles. The van der Waals surface area contributed by atoms with E-state index in [9.17, 15) is 14.9 Å². The van der Waals surface area contributed by atoms with Crippen LogP contribution in [0.25, 0.3) is 10.2 Å². The first-order chi connectivity index (χ1) is 14.4. The van der Waals surface area contributed by atoms with Crippen molar-refractivity contribution in [3.63, 3.8) is 0 Å². The molecule has 3 heterocycles. The molecule has 0 bridgehead atoms. The largest absolute Gasteiger partial charge is 0.433 e. The average molecular weight is 430 g/mol. The van der Waals surface area contributed by atoms with E-state index in [0.29, 0.717) is 31.4 Å². The van der Waals surface area contributed by atoms with Crippen LogP contribution in [0.4, 0.5) is 11.0 Å². The second-order valence-electron chi connectivity index (χ2n) is 7.21. The van der Waals surface area contributed by atoms with Crippen LogP contribution in [0.3, 0.4) is 0 Å². The van der Waals surface area contributed by atoms with E-state index in [2.05, 4.69) is 16.0 Å². The number of thiazole rings is 1. The van der Waals surface area contributed by atoms with E-state index in [4.69, 9.17) is 9.15 Å². The molecule has 10 heteroatoms. The number of anilines is 1. The van der Waals surface area contributed by atoms with Crippen molar-refractivity contribution >= 4 is 38.5 Å². The predicted molar refractivity (Wildman–Crippen MR) is 113 cm³/mol. The molecule has 0 spiro atoms. The van der Waals surface area contributed by atoms with Gasteiger partial charge in [-0.05, 0) is 43.2 Å². The summed E-state index contributed by atoms with van der Waals surface area (Å²) in [7, 11) is 0. The molecule has 30 heavy (non-hydrogen) atoms. The molecule has 4 rings (SSSR count). The second-order valence-corrected chi connectivity index (χ2v) is 8.22. The first-order valence-corrected chi connectivity index (χ1v) is 10.5. The maximum Gasteiger partial charge on any atom is 0.433 e. The number of ether oxygens (including phenoxy) is 1. The summed E-state index contributed by atoms with van der Waals surface area (Å²) in [4.78, 5) is 31.9. The number of morpholine rings is 1. The fourth-order valence-electron chi connectivity index (χ4n) is 3.31. The summed E-state index contributed by atoms with van der Waals surface area (Å²) in [6, 6.07) is 6.60. The van der Waals surface area contributed by atoms with E-state index in [1.165, 1.54) is 23.5 Å². The van der Waals surface area contributed by atoms with Crippen LogP contribution < -0.4 is 4.90 Å². The first-order valence-electron chi connectivity index (χ1n) is 9.66. The van der Waals surface area contributed by atoms with Crippen molar-refractivity contribution < 1.29 is 18.9 Å². The van der Waals surface area contributed by atoms with E-state index in [1.54, 1.807) is 4.90 Å². The van der Waals surface area contributed by atoms with Gasteiger partial charge in [0.1, 0.15) is 4.92 Å². The lowest BCUT2D eigenvalue weighted by Gasteiger charge is -2.28. The maximum absolute atomic E-state index is 13.2. The van der Waals surface area contributed by atoms with Gasteiger partial charge < -0.3 is 9.15 Å². The standard InChI is InChI=1S/C20H22N4O5S/c1-13-11-15-17(12-14(13)2)30-20(21-15)23(6-5-22-7-9-28-10-8-22)19(25)16-3-4-18(29-16)24(26)27/h3-4,11-12H,5-10H2,1-2H3. The summed E-state index contributed by atoms with van der Waals surface area (Å²) in [5.74, 6) is -0.971. The van der Waals surface area contributed by atoms with Crippen molar-refractivity contribution in [2.75, 3.05) is 44.3 Å². The zero-order chi connectivity index (χ0) is 21.3. The molecule has 1 fully saturated rings. The van der Waals surface area contributed by atoms with Gasteiger partial charge in [0.25, 0.3) is 5.91 Å². The second kappa shape index (κ2) is 8.50. The Morgan fingerprint density at radius 2 is 2.00 bits per heavy atom. The Kier molecular flexibility index (Phi) is 5.80. The Labute approximate surface area is 177 Å². The predicted octanol–water partition coefficient (Wildman–Crippen LogP) is 3.39. The highest BCUT2D eigenvalue weighted by Gasteiger charge is 2.27. The van der Waals surface area contributed by atoms with E-state index in [1.807, 2.05) is 19.9 Å². The van der Waals surface area contributed by atoms with Crippen LogP contribution in [0.15, 0.2) is 28.7 Å². The Balaban J connectivity index is 1.65. The van der Waals surface area contributed by atoms with Crippen LogP contribution >= 0.6 is 11.3 Å². The number of carbonyl (C=O) groups excluding carboxylic acids is 1. The topological polar surface area (TPSA) is 102 Å². The number of hydrogen-bond acceptors (Lipinski definition) is 8. The molecule has 0 saturated carbocycles. The van der Waals surface area contributed by atoms with Crippen molar-refractivity contribution in [3.8, 4) is 0 Å². The van der Waals surface area contributed by atoms with Gasteiger partial charge in [0.05, 0.1) is 29.5 Å². The van der Waals surface area contributed by atoms with Crippen molar-refractivity contribution in [2.24, 2.45) is 0 Å². The Hall–Kier alpha value is -2.82. The molecule has 0 radical (unpaired) electrons. The Morgan fingerprint density at radius 1 is 1.27 bits per heavy atom. The molecule has 0 N–H and O–H groups in total. The minimum absolute atomic E-state index is 0.0738. The number of nitrogens with zero attached hydrogens (tertiary/aromatic N) is 4. The maximum atomic E-state index is 13.2. The van der Waals surface area contributed by atoms with Crippen molar-refractivity contribution in [1.82, 2.24) is 9.88 Å². The molecular formula is C20H22N4O5S. The number of benzene rings is 1. The number of aromatic nitrogens is 1. The normalized spacial score (nSPS) is 14.9. The SMILES string of the molecule is Cc1cc2nc(N(CCN3CCOCC3)C(=O)c3ccc([N+](=O)[O-])o3)sc2cc1C. The number of nitro groups is 1. The summed E-state index contributed by atoms with van der Waals surface area (Å²) >= 11 is 1.43. The monoisotopic (exact) mass is 430 g/mol. The molecule has 3 aromatic rings. The van der Waals surface area contributed by atoms with Gasteiger partial charge >= 0.3 is 5.88 Å². The molecule has 0 unspecified atom stereocenters. The van der Waals surface area contributed by atoms with Gasteiger partial charge in [0.2, 0.25) is 0 Å². The van der Waals surface area contributed by atoms with Crippen molar-refractivity contribution in [3.05, 3.63) is 51.3 Å². The summed E-state index contributed by atoms with van der Waals surface area (Å²) in [6.45, 7) is 8.03. The lowest BCUT2D eigenvalue weighted by molar-refractivity contribution is -0.402. The number of amides is 1. The van der Waals surface area contributed by atoms with Gasteiger partial charge in [-0.1, -0.05) is 11.3 Å². The summed E-state index contributed by atoms with van der Waals surface area (Å²) in [5.41, 5.74) is 3.12. The Bertz CT molecular complexity index is 1050. The molecule has 158 valence electrons. The van der Waals surface area contributed by atoms with Crippen LogP contribution in [0.5, 0.6) is 0 Å². The van der Waals surface area contributed by atoms with Crippen molar-refractivity contribution in [2.45, 2.75) is 13.8 Å². The fraction of sp³-hybridized carbons (Fsp3) is 0.400. The van der Waals surface area contributed by atoms with Crippen LogP contribution in [-0.2, 0) is 4.74 Å². The molecular weight excluding hydrogens is 408 g/mol. The highest BCUT2D eigenvalue weighted by Crippen LogP contribution is 2.32. The zero-order valence-corrected chi connectivity index (χ0v) is 17.6. The van der Waals surface area contributed by atoms with Crippen LogP contribution in [0, 0.1) is 24.0 Å². The highest BCUT2D eigenvalue weighted by molar-refractivity contribution is 7.22. The third-order valence-corrected chi connectivity index (χ3v) is 6.24. The van der Waals surface area contributed by atoms with Gasteiger partial charge in [0.15, 0.2) is 10.9 Å². The Morgan fingerprint density at radius 3 is 2.70 bits per heavy atom. The van der Waals surface area contributed by atoms with Gasteiger partial charge in [0, 0.05) is 26.2 Å². The number of hydrogen-bond donors (Lipinski definition) is 0. The highest BCUT2D eigenvalue weighted by atomic mass is 32.1. The number of carbonyl (C=O) groups is 1. The molecule has 1 amide bonds. The number of furan rings is 1. The van der Waals surface area contributed by atoms with Gasteiger partial charge in [-0.3, -0.25) is 24.7 Å². The number of rotatable bonds is 6. The molecule has 1 aromatic carbocycles. The summed E-state index contributed by atoms with van der Waals surface area (Å²) in [6.07, 6.45) is 0. The third kappa shape index (κ3) is 4.20. The number of aryl methyl sites for hydroxylation is 2. The van der Waals surface area contributed by atoms with E-state index in [0.717, 1.165) is 34.4 Å². The number of fused-ring (bicyclic) bond motifs is 1. The van der Waals surface area contributed by atoms with Crippen LogP contribution in [-0.4, -0.2) is 60.1 Å². The lowest BCUT2D eigenvalue weighted by atomic mass is 10.1. The van der Waals surface area contributed by atoms with E-state index >= 15 is 0 Å². The molecule has 9 nitrogen and oxygen atoms in total. The minimum atomic E-state index is -0.655. The summed E-state index contributed by atoms with van der Waals surface area (Å²) in [5, 5.41) is 11.5. The minimum Gasteiger partial charge on any atom is -0.395 e. The van der Waals surface area contributed by atoms with Crippen LogP contribution in [0.2, 0.25) is 0 Å². The smallest absolute Gasteiger partial charge is 0.395 e. The molecule has 2 aromatic heterocycles. The molecule has 1 aliphatic heterocycles. The van der Waals surface area contributed by atoms with E-state index < -0.39 is 16.7 Å². The fourth-order valence-corrected chi connectivity index (χ4v) is 4.38. The molecule has 0 atom stereocenters. The molecule has 1 aliphatic rings. The van der Waals surface area contributed by atoms with Crippen molar-refractivity contribution in [1.29, 1.82) is 0 Å². The lowest BCUT2D eigenvalue weighted by Crippen LogP contribution is -2.43. The summed E-state index contributed by atoms with van der Waals surface area (Å²) < 4.78 is 11.5. The van der Waals surface area contributed by atoms with Gasteiger partial charge in [-0.2, -0.15) is 0 Å². The quantitative estimate of drug-likeness (QED) is 0.436. The van der Waals surface area contributed by atoms with Crippen LogP contribution in [0.1, 0.15) is 21.7 Å². The van der Waals surface area contributed by atoms with E-state index in [-0.39, 0.29) is 5.76 Å². The average Bonchev–Trinajstić information content (AvgIpc) is 3.37. The van der Waals surface area contributed by atoms with Gasteiger partial charge in [-0.15, -0.1) is 0 Å².